The van der Waals surface area contributed by atoms with Gasteiger partial charge in [-0.25, -0.2) is 4.79 Å². The van der Waals surface area contributed by atoms with Crippen molar-refractivity contribution in [2.75, 3.05) is 7.11 Å². The summed E-state index contributed by atoms with van der Waals surface area (Å²) in [5.74, 6) is 0.586. The lowest BCUT2D eigenvalue weighted by atomic mass is 10.1. The summed E-state index contributed by atoms with van der Waals surface area (Å²) in [6.07, 6.45) is 5.16. The van der Waals surface area contributed by atoms with Crippen molar-refractivity contribution in [3.05, 3.63) is 65.7 Å². The summed E-state index contributed by atoms with van der Waals surface area (Å²) in [4.78, 5) is 11.9. The molecule has 0 aliphatic heterocycles. The number of carbonyl (C=O) groups excluding carboxylic acids is 1. The average molecular weight is 296 g/mol. The zero-order valence-corrected chi connectivity index (χ0v) is 12.9. The zero-order valence-electron chi connectivity index (χ0n) is 12.9. The minimum atomic E-state index is -0.426. The Hall–Kier alpha value is -2.55. The molecular weight excluding hydrogens is 276 g/mol. The highest BCUT2D eigenvalue weighted by Gasteiger charge is 2.08. The van der Waals surface area contributed by atoms with Crippen molar-refractivity contribution in [2.24, 2.45) is 0 Å². The molecule has 0 aromatic heterocycles. The van der Waals surface area contributed by atoms with Gasteiger partial charge in [0.15, 0.2) is 11.5 Å². The van der Waals surface area contributed by atoms with E-state index in [1.165, 1.54) is 11.6 Å². The number of rotatable bonds is 6. The Morgan fingerprint density at radius 3 is 2.55 bits per heavy atom. The quantitative estimate of drug-likeness (QED) is 0.454. The van der Waals surface area contributed by atoms with Crippen molar-refractivity contribution < 1.29 is 14.3 Å². The molecule has 0 radical (unpaired) electrons. The second-order valence-electron chi connectivity index (χ2n) is 4.90. The number of benzene rings is 2. The van der Waals surface area contributed by atoms with Gasteiger partial charge in [-0.2, -0.15) is 0 Å². The van der Waals surface area contributed by atoms with E-state index in [0.29, 0.717) is 11.5 Å². The number of ether oxygens (including phenoxy) is 2. The maximum Gasteiger partial charge on any atom is 0.336 e. The van der Waals surface area contributed by atoms with Crippen LogP contribution in [0.4, 0.5) is 0 Å². The fourth-order valence-electron chi connectivity index (χ4n) is 2.11. The second-order valence-corrected chi connectivity index (χ2v) is 4.90. The third kappa shape index (κ3) is 4.48. The van der Waals surface area contributed by atoms with E-state index in [4.69, 9.17) is 9.47 Å². The SMILES string of the molecule is CCCc1ccc(OC(=O)C=Cc2ccccc2)c(OC)c1. The number of methoxy groups -OCH3 is 1. The molecule has 0 spiro atoms. The first-order valence-corrected chi connectivity index (χ1v) is 7.34. The van der Waals surface area contributed by atoms with Crippen molar-refractivity contribution in [1.82, 2.24) is 0 Å². The van der Waals surface area contributed by atoms with Crippen molar-refractivity contribution in [3.63, 3.8) is 0 Å². The van der Waals surface area contributed by atoms with Crippen LogP contribution < -0.4 is 9.47 Å². The van der Waals surface area contributed by atoms with Crippen LogP contribution in [0.15, 0.2) is 54.6 Å². The molecule has 3 nitrogen and oxygen atoms in total. The zero-order chi connectivity index (χ0) is 15.8. The van der Waals surface area contributed by atoms with Crippen LogP contribution in [0.1, 0.15) is 24.5 Å². The van der Waals surface area contributed by atoms with Crippen LogP contribution in [0, 0.1) is 0 Å². The standard InChI is InChI=1S/C19H20O3/c1-3-7-16-10-12-17(18(14-16)21-2)22-19(20)13-11-15-8-5-4-6-9-15/h4-6,8-14H,3,7H2,1-2H3. The minimum absolute atomic E-state index is 0.426. The third-order valence-electron chi connectivity index (χ3n) is 3.19. The lowest BCUT2D eigenvalue weighted by Gasteiger charge is -2.09. The normalized spacial score (nSPS) is 10.6. The van der Waals surface area contributed by atoms with E-state index in [1.54, 1.807) is 19.3 Å². The van der Waals surface area contributed by atoms with E-state index >= 15 is 0 Å². The Bertz CT molecular complexity index is 645. The van der Waals surface area contributed by atoms with Crippen molar-refractivity contribution in [1.29, 1.82) is 0 Å². The highest BCUT2D eigenvalue weighted by molar-refractivity contribution is 5.89. The molecular formula is C19H20O3. The molecule has 22 heavy (non-hydrogen) atoms. The molecule has 0 saturated heterocycles. The van der Waals surface area contributed by atoms with Gasteiger partial charge in [0, 0.05) is 6.08 Å². The van der Waals surface area contributed by atoms with Gasteiger partial charge in [0.25, 0.3) is 0 Å². The predicted molar refractivity (Wildman–Crippen MR) is 88.1 cm³/mol. The molecule has 0 bridgehead atoms. The van der Waals surface area contributed by atoms with E-state index in [2.05, 4.69) is 6.92 Å². The van der Waals surface area contributed by atoms with Crippen molar-refractivity contribution in [2.45, 2.75) is 19.8 Å². The average Bonchev–Trinajstić information content (AvgIpc) is 2.55. The predicted octanol–water partition coefficient (Wildman–Crippen LogP) is 4.27. The summed E-state index contributed by atoms with van der Waals surface area (Å²) < 4.78 is 10.6. The first kappa shape index (κ1) is 15.8. The summed E-state index contributed by atoms with van der Waals surface area (Å²) >= 11 is 0. The third-order valence-corrected chi connectivity index (χ3v) is 3.19. The van der Waals surface area contributed by atoms with Gasteiger partial charge in [-0.1, -0.05) is 49.7 Å². The molecule has 0 atom stereocenters. The lowest BCUT2D eigenvalue weighted by Crippen LogP contribution is -2.05. The summed E-state index contributed by atoms with van der Waals surface area (Å²) in [5.41, 5.74) is 2.11. The molecule has 0 aliphatic rings. The van der Waals surface area contributed by atoms with Gasteiger partial charge in [0.05, 0.1) is 7.11 Å². The summed E-state index contributed by atoms with van der Waals surface area (Å²) in [5, 5.41) is 0. The molecule has 0 saturated carbocycles. The van der Waals surface area contributed by atoms with E-state index in [0.717, 1.165) is 18.4 Å². The number of carbonyl (C=O) groups is 1. The monoisotopic (exact) mass is 296 g/mol. The van der Waals surface area contributed by atoms with Crippen LogP contribution in [0.3, 0.4) is 0 Å². The molecule has 2 rings (SSSR count). The maximum absolute atomic E-state index is 11.9. The number of hydrogen-bond donors (Lipinski definition) is 0. The van der Waals surface area contributed by atoms with Crippen LogP contribution >= 0.6 is 0 Å². The molecule has 3 heteroatoms. The molecule has 0 fully saturated rings. The van der Waals surface area contributed by atoms with Gasteiger partial charge < -0.3 is 9.47 Å². The van der Waals surface area contributed by atoms with Gasteiger partial charge >= 0.3 is 5.97 Å². The molecule has 0 N–H and O–H groups in total. The van der Waals surface area contributed by atoms with E-state index in [9.17, 15) is 4.79 Å². The summed E-state index contributed by atoms with van der Waals surface area (Å²) in [7, 11) is 1.57. The molecule has 0 amide bonds. The van der Waals surface area contributed by atoms with Crippen molar-refractivity contribution in [3.8, 4) is 11.5 Å². The fourth-order valence-corrected chi connectivity index (χ4v) is 2.11. The van der Waals surface area contributed by atoms with Crippen molar-refractivity contribution >= 4 is 12.0 Å². The van der Waals surface area contributed by atoms with Gasteiger partial charge in [0.2, 0.25) is 0 Å². The largest absolute Gasteiger partial charge is 0.493 e. The van der Waals surface area contributed by atoms with E-state index in [1.807, 2.05) is 42.5 Å². The van der Waals surface area contributed by atoms with Crippen LogP contribution in [0.5, 0.6) is 11.5 Å². The first-order chi connectivity index (χ1) is 10.7. The second kappa shape index (κ2) is 8.03. The molecule has 0 heterocycles. The van der Waals surface area contributed by atoms with E-state index in [-0.39, 0.29) is 0 Å². The molecule has 0 unspecified atom stereocenters. The highest BCUT2D eigenvalue weighted by atomic mass is 16.6. The number of hydrogen-bond acceptors (Lipinski definition) is 3. The Labute approximate surface area is 131 Å². The van der Waals surface area contributed by atoms with Crippen LogP contribution in [0.2, 0.25) is 0 Å². The molecule has 2 aromatic carbocycles. The van der Waals surface area contributed by atoms with Gasteiger partial charge in [-0.15, -0.1) is 0 Å². The smallest absolute Gasteiger partial charge is 0.336 e. The summed E-state index contributed by atoms with van der Waals surface area (Å²) in [6, 6.07) is 15.2. The minimum Gasteiger partial charge on any atom is -0.493 e. The van der Waals surface area contributed by atoms with E-state index < -0.39 is 5.97 Å². The topological polar surface area (TPSA) is 35.5 Å². The van der Waals surface area contributed by atoms with Crippen LogP contribution in [-0.4, -0.2) is 13.1 Å². The number of esters is 1. The van der Waals surface area contributed by atoms with Crippen LogP contribution in [0.25, 0.3) is 6.08 Å². The first-order valence-electron chi connectivity index (χ1n) is 7.34. The molecule has 0 aliphatic carbocycles. The Kier molecular flexibility index (Phi) is 5.78. The fraction of sp³-hybridized carbons (Fsp3) is 0.211. The molecule has 2 aromatic rings. The summed E-state index contributed by atoms with van der Waals surface area (Å²) in [6.45, 7) is 2.12. The number of aryl methyl sites for hydroxylation is 1. The lowest BCUT2D eigenvalue weighted by molar-refractivity contribution is -0.129. The highest BCUT2D eigenvalue weighted by Crippen LogP contribution is 2.28. The van der Waals surface area contributed by atoms with Gasteiger partial charge in [-0.3, -0.25) is 0 Å². The van der Waals surface area contributed by atoms with Gasteiger partial charge in [0.1, 0.15) is 0 Å². The van der Waals surface area contributed by atoms with Gasteiger partial charge in [-0.05, 0) is 35.8 Å². The Morgan fingerprint density at radius 1 is 1.09 bits per heavy atom. The Morgan fingerprint density at radius 2 is 1.86 bits per heavy atom. The Balaban J connectivity index is 2.06. The molecule has 114 valence electrons. The maximum atomic E-state index is 11.9. The van der Waals surface area contributed by atoms with Crippen LogP contribution in [-0.2, 0) is 11.2 Å².